The second kappa shape index (κ2) is 6.72. The van der Waals surface area contributed by atoms with Gasteiger partial charge in [-0.25, -0.2) is 4.98 Å². The summed E-state index contributed by atoms with van der Waals surface area (Å²) in [6.45, 7) is 7.24. The first-order chi connectivity index (χ1) is 12.3. The molecule has 1 aromatic heterocycles. The van der Waals surface area contributed by atoms with Gasteiger partial charge in [0.1, 0.15) is 4.88 Å². The number of thiazole rings is 1. The normalized spacial score (nSPS) is 14.8. The van der Waals surface area contributed by atoms with Gasteiger partial charge in [0.2, 0.25) is 5.91 Å². The lowest BCUT2D eigenvalue weighted by Gasteiger charge is -2.29. The van der Waals surface area contributed by atoms with Crippen molar-refractivity contribution in [3.63, 3.8) is 0 Å². The molecule has 3 amide bonds. The van der Waals surface area contributed by atoms with E-state index in [4.69, 9.17) is 0 Å². The van der Waals surface area contributed by atoms with E-state index in [9.17, 15) is 14.4 Å². The van der Waals surface area contributed by atoms with Crippen LogP contribution in [0.25, 0.3) is 0 Å². The Morgan fingerprint density at radius 3 is 2.85 bits per heavy atom. The van der Waals surface area contributed by atoms with Crippen LogP contribution in [-0.4, -0.2) is 28.2 Å². The van der Waals surface area contributed by atoms with Gasteiger partial charge in [0.15, 0.2) is 5.13 Å². The number of fused-ring (bicyclic) bond motifs is 1. The van der Waals surface area contributed by atoms with Gasteiger partial charge in [0.25, 0.3) is 11.8 Å². The van der Waals surface area contributed by atoms with E-state index in [1.54, 1.807) is 24.3 Å². The number of benzene rings is 1. The molecule has 26 heavy (non-hydrogen) atoms. The summed E-state index contributed by atoms with van der Waals surface area (Å²) in [6, 6.07) is 6.52. The summed E-state index contributed by atoms with van der Waals surface area (Å²) in [5.41, 5.74) is 1.18. The van der Waals surface area contributed by atoms with Crippen molar-refractivity contribution in [2.75, 3.05) is 10.6 Å². The summed E-state index contributed by atoms with van der Waals surface area (Å²) >= 11 is 1.15. The van der Waals surface area contributed by atoms with Crippen molar-refractivity contribution in [1.82, 2.24) is 10.3 Å². The van der Waals surface area contributed by atoms with Gasteiger partial charge >= 0.3 is 0 Å². The van der Waals surface area contributed by atoms with Crippen LogP contribution in [0.5, 0.6) is 0 Å². The average molecular weight is 370 g/mol. The van der Waals surface area contributed by atoms with Crippen LogP contribution in [0.4, 0.5) is 10.8 Å². The molecule has 2 heterocycles. The minimum Gasteiger partial charge on any atom is -0.346 e. The number of nitrogens with zero attached hydrogens (tertiary/aromatic N) is 1. The third-order valence-corrected chi connectivity index (χ3v) is 4.77. The van der Waals surface area contributed by atoms with Crippen LogP contribution in [-0.2, 0) is 11.2 Å². The van der Waals surface area contributed by atoms with E-state index >= 15 is 0 Å². The number of hydrogen-bond acceptors (Lipinski definition) is 5. The van der Waals surface area contributed by atoms with Crippen molar-refractivity contribution in [1.29, 1.82) is 0 Å². The second-order valence-electron chi connectivity index (χ2n) is 6.54. The van der Waals surface area contributed by atoms with Gasteiger partial charge in [-0.15, -0.1) is 0 Å². The average Bonchev–Trinajstić information content (AvgIpc) is 2.96. The van der Waals surface area contributed by atoms with E-state index in [1.807, 2.05) is 13.8 Å². The van der Waals surface area contributed by atoms with Crippen LogP contribution in [0.15, 0.2) is 36.9 Å². The number of amides is 3. The topological polar surface area (TPSA) is 100 Å². The van der Waals surface area contributed by atoms with E-state index < -0.39 is 0 Å². The molecule has 0 radical (unpaired) electrons. The lowest BCUT2D eigenvalue weighted by molar-refractivity contribution is -0.111. The Morgan fingerprint density at radius 2 is 2.12 bits per heavy atom. The van der Waals surface area contributed by atoms with E-state index in [0.29, 0.717) is 33.4 Å². The van der Waals surface area contributed by atoms with E-state index in [0.717, 1.165) is 17.4 Å². The van der Waals surface area contributed by atoms with Crippen molar-refractivity contribution in [3.8, 4) is 0 Å². The molecule has 134 valence electrons. The Kier molecular flexibility index (Phi) is 4.60. The Bertz CT molecular complexity index is 917. The molecule has 2 aromatic rings. The zero-order chi connectivity index (χ0) is 18.9. The van der Waals surface area contributed by atoms with Crippen molar-refractivity contribution < 1.29 is 14.4 Å². The van der Waals surface area contributed by atoms with Gasteiger partial charge in [-0.05, 0) is 38.1 Å². The number of carbonyl (C=O) groups excluding carboxylic acids is 3. The summed E-state index contributed by atoms with van der Waals surface area (Å²) in [5, 5.41) is 8.60. The van der Waals surface area contributed by atoms with Crippen molar-refractivity contribution in [3.05, 3.63) is 53.1 Å². The van der Waals surface area contributed by atoms with Crippen molar-refractivity contribution in [2.45, 2.75) is 25.8 Å². The molecule has 0 unspecified atom stereocenters. The van der Waals surface area contributed by atoms with E-state index in [2.05, 4.69) is 27.5 Å². The van der Waals surface area contributed by atoms with E-state index in [-0.39, 0.29) is 23.3 Å². The Labute approximate surface area is 154 Å². The molecule has 3 N–H and O–H groups in total. The van der Waals surface area contributed by atoms with Gasteiger partial charge in [-0.2, -0.15) is 0 Å². The van der Waals surface area contributed by atoms with Gasteiger partial charge in [-0.1, -0.05) is 24.0 Å². The summed E-state index contributed by atoms with van der Waals surface area (Å²) < 4.78 is 0. The van der Waals surface area contributed by atoms with Crippen molar-refractivity contribution >= 4 is 39.9 Å². The van der Waals surface area contributed by atoms with Crippen LogP contribution >= 0.6 is 11.3 Å². The van der Waals surface area contributed by atoms with Crippen LogP contribution in [0.3, 0.4) is 0 Å². The lowest BCUT2D eigenvalue weighted by Crippen LogP contribution is -2.48. The Balaban J connectivity index is 1.77. The molecule has 7 nitrogen and oxygen atoms in total. The zero-order valence-electron chi connectivity index (χ0n) is 14.4. The number of aromatic nitrogens is 1. The highest BCUT2D eigenvalue weighted by Crippen LogP contribution is 2.30. The molecule has 3 rings (SSSR count). The molecule has 8 heteroatoms. The molecule has 0 bridgehead atoms. The third kappa shape index (κ3) is 3.80. The second-order valence-corrected chi connectivity index (χ2v) is 7.54. The maximum Gasteiger partial charge on any atom is 0.263 e. The number of rotatable bonds is 4. The standard InChI is InChI=1S/C18H18N4O3S/c1-4-13(23)19-11-7-5-6-10(8-11)15(24)21-17-20-12-9-18(2,3)22-16(25)14(12)26-17/h4-8H,1,9H2,2-3H3,(H,19,23)(H,22,25)(H,20,21,24). The zero-order valence-corrected chi connectivity index (χ0v) is 15.2. The fraction of sp³-hybridized carbons (Fsp3) is 0.222. The molecule has 0 spiro atoms. The SMILES string of the molecule is C=CC(=O)Nc1cccc(C(=O)Nc2nc3c(s2)C(=O)NC(C)(C)C3)c1. The molecule has 1 aliphatic heterocycles. The minimum absolute atomic E-state index is 0.177. The molecule has 0 atom stereocenters. The largest absolute Gasteiger partial charge is 0.346 e. The summed E-state index contributed by atoms with van der Waals surface area (Å²) in [7, 11) is 0. The fourth-order valence-electron chi connectivity index (χ4n) is 2.63. The first-order valence-corrected chi connectivity index (χ1v) is 8.76. The highest BCUT2D eigenvalue weighted by Gasteiger charge is 2.33. The van der Waals surface area contributed by atoms with Gasteiger partial charge in [0, 0.05) is 23.2 Å². The lowest BCUT2D eigenvalue weighted by atomic mass is 9.94. The molecule has 0 aliphatic carbocycles. The minimum atomic E-state index is -0.370. The van der Waals surface area contributed by atoms with Crippen LogP contribution in [0.1, 0.15) is 39.6 Å². The number of nitrogens with one attached hydrogen (secondary N) is 3. The Morgan fingerprint density at radius 1 is 1.35 bits per heavy atom. The van der Waals surface area contributed by atoms with Crippen LogP contribution < -0.4 is 16.0 Å². The predicted octanol–water partition coefficient (Wildman–Crippen LogP) is 2.58. The summed E-state index contributed by atoms with van der Waals surface area (Å²) in [5.74, 6) is -0.905. The molecule has 0 fully saturated rings. The number of carbonyl (C=O) groups is 3. The molecule has 0 saturated carbocycles. The Hall–Kier alpha value is -3.00. The van der Waals surface area contributed by atoms with Crippen LogP contribution in [0.2, 0.25) is 0 Å². The van der Waals surface area contributed by atoms with Gasteiger partial charge in [-0.3, -0.25) is 19.7 Å². The first-order valence-electron chi connectivity index (χ1n) is 7.94. The molecule has 1 aliphatic rings. The summed E-state index contributed by atoms with van der Waals surface area (Å²) in [4.78, 5) is 40.9. The summed E-state index contributed by atoms with van der Waals surface area (Å²) in [6.07, 6.45) is 1.75. The molecule has 0 saturated heterocycles. The highest BCUT2D eigenvalue weighted by atomic mass is 32.1. The maximum absolute atomic E-state index is 12.5. The fourth-order valence-corrected chi connectivity index (χ4v) is 3.50. The van der Waals surface area contributed by atoms with Gasteiger partial charge in [0.05, 0.1) is 5.69 Å². The monoisotopic (exact) mass is 370 g/mol. The highest BCUT2D eigenvalue weighted by molar-refractivity contribution is 7.17. The van der Waals surface area contributed by atoms with Gasteiger partial charge < -0.3 is 10.6 Å². The molecule has 1 aromatic carbocycles. The van der Waals surface area contributed by atoms with Crippen molar-refractivity contribution in [2.24, 2.45) is 0 Å². The number of anilines is 2. The smallest absolute Gasteiger partial charge is 0.263 e. The predicted molar refractivity (Wildman–Crippen MR) is 101 cm³/mol. The molecular formula is C18H18N4O3S. The number of hydrogen-bond donors (Lipinski definition) is 3. The van der Waals surface area contributed by atoms with E-state index in [1.165, 1.54) is 0 Å². The molecular weight excluding hydrogens is 352 g/mol. The first kappa shape index (κ1) is 17.8. The third-order valence-electron chi connectivity index (χ3n) is 3.76. The van der Waals surface area contributed by atoms with Crippen LogP contribution in [0, 0.1) is 0 Å². The quantitative estimate of drug-likeness (QED) is 0.720. The maximum atomic E-state index is 12.5.